The van der Waals surface area contributed by atoms with Gasteiger partial charge in [-0.15, -0.1) is 41.0 Å². The van der Waals surface area contributed by atoms with Gasteiger partial charge in [-0.1, -0.05) is 72.8 Å². The van der Waals surface area contributed by atoms with Crippen LogP contribution in [-0.2, 0) is 60.3 Å². The molecular weight excluding hydrogens is 1750 g/mol. The Hall–Kier alpha value is -8.36. The molecule has 658 valence electrons. The van der Waals surface area contributed by atoms with Gasteiger partial charge >= 0.3 is 34.1 Å². The number of hydrogen-bond donors (Lipinski definition) is 6. The Bertz CT molecular complexity index is 3800. The van der Waals surface area contributed by atoms with Crippen molar-refractivity contribution in [2.75, 3.05) is 105 Å². The number of ether oxygens (including phenoxy) is 8. The van der Waals surface area contributed by atoms with Gasteiger partial charge in [-0.05, 0) is 194 Å². The maximum atomic E-state index is 8.49. The van der Waals surface area contributed by atoms with E-state index in [0.29, 0.717) is 75.9 Å². The van der Waals surface area contributed by atoms with Crippen molar-refractivity contribution < 1.29 is 188 Å². The summed E-state index contributed by atoms with van der Waals surface area (Å²) in [5, 5.41) is 20.8. The monoisotopic (exact) mass is 1840 g/mol. The zero-order valence-corrected chi connectivity index (χ0v) is 70.5. The van der Waals surface area contributed by atoms with E-state index in [1.807, 2.05) is 170 Å². The normalized spacial score (nSPS) is 14.0. The molecule has 0 atom stereocenters. The Morgan fingerprint density at radius 2 is 0.400 bits per heavy atom. The average molecular weight is 1850 g/mol. The molecule has 8 aliphatic rings. The molecule has 0 saturated carbocycles. The molecule has 0 fully saturated rings. The topological polar surface area (TPSA) is 567 Å². The summed E-state index contributed by atoms with van der Waals surface area (Å²) < 4.78 is 183. The molecule has 6 N–H and O–H groups in total. The molecule has 10 aromatic rings. The summed E-state index contributed by atoms with van der Waals surface area (Å²) in [6.45, 7) is 22.5. The third-order valence-corrected chi connectivity index (χ3v) is 15.2. The van der Waals surface area contributed by atoms with E-state index in [2.05, 4.69) is 128 Å². The minimum Gasteiger partial charge on any atom is -0.490 e. The summed E-state index contributed by atoms with van der Waals surface area (Å²) in [5.41, 5.74) is 13.5. The molecule has 6 aromatic carbocycles. The van der Waals surface area contributed by atoms with Gasteiger partial charge in [-0.2, -0.15) is 0 Å². The van der Waals surface area contributed by atoms with E-state index in [4.69, 9.17) is 112 Å². The molecular formula is C80H94Cl4Cu2N10O24. The molecule has 18 rings (SSSR count). The summed E-state index contributed by atoms with van der Waals surface area (Å²) in [4.78, 5) is 17.2. The standard InChI is InChI=1S/2C28H35N3O4.2C12H12N2.4ClHO4.2Cu/c2*1-2-4-28-27(3-1)34-19-17-32-25-9-5-23(6-10-25)21-30-15-13-29-14-16-31-22-24-7-11-26(12-8-24)33-18-20-35-28;2*1-9-3-5-13-11(7-9)12-8-10(2)4-6-14-12;4*2-1(3,4)5;;/h2*1-12,29-31H,13-22H2;2*3-8H,1-2H3;4*(H,2,3,4,5);;/q;;;;;;;;2*+2/p-4. The summed E-state index contributed by atoms with van der Waals surface area (Å²) in [5.74, 6) is 6.11. The second kappa shape index (κ2) is 59.4. The first-order valence-electron chi connectivity index (χ1n) is 36.2. The smallest absolute Gasteiger partial charge is 0.490 e. The molecule has 0 amide bonds. The number of aryl methyl sites for hydroxylation is 4. The molecule has 34 nitrogen and oxygen atoms in total. The van der Waals surface area contributed by atoms with Crippen LogP contribution in [0.4, 0.5) is 0 Å². The van der Waals surface area contributed by atoms with E-state index in [0.717, 1.165) is 124 Å². The molecule has 40 heteroatoms. The number of nitrogens with one attached hydrogen (secondary N) is 6. The Kier molecular flexibility index (Phi) is 52.4. The van der Waals surface area contributed by atoms with E-state index < -0.39 is 41.0 Å². The van der Waals surface area contributed by atoms with Crippen molar-refractivity contribution in [1.29, 1.82) is 0 Å². The van der Waals surface area contributed by atoms with E-state index >= 15 is 0 Å². The van der Waals surface area contributed by atoms with Crippen molar-refractivity contribution in [2.24, 2.45) is 0 Å². The van der Waals surface area contributed by atoms with Crippen LogP contribution in [0.5, 0.6) is 46.0 Å². The van der Waals surface area contributed by atoms with Gasteiger partial charge in [0.1, 0.15) is 75.9 Å². The van der Waals surface area contributed by atoms with Crippen LogP contribution in [0.15, 0.2) is 219 Å². The fourth-order valence-electron chi connectivity index (χ4n) is 10.0. The number of hydrogen-bond acceptors (Lipinski definition) is 34. The molecule has 8 aliphatic heterocycles. The third kappa shape index (κ3) is 54.8. The largest absolute Gasteiger partial charge is 2.00 e. The molecule has 0 unspecified atom stereocenters. The van der Waals surface area contributed by atoms with Crippen LogP contribution in [0.2, 0.25) is 0 Å². The van der Waals surface area contributed by atoms with Crippen LogP contribution in [0.1, 0.15) is 44.5 Å². The predicted molar refractivity (Wildman–Crippen MR) is 389 cm³/mol. The maximum absolute atomic E-state index is 8.49. The van der Waals surface area contributed by atoms with Crippen LogP contribution < -0.4 is 144 Å². The summed E-state index contributed by atoms with van der Waals surface area (Å²) in [6.07, 6.45) is 7.26. The van der Waals surface area contributed by atoms with Crippen LogP contribution in [0.25, 0.3) is 22.8 Å². The fourth-order valence-corrected chi connectivity index (χ4v) is 10.0. The molecule has 4 aromatic heterocycles. The molecule has 2 radical (unpaired) electrons. The maximum Gasteiger partial charge on any atom is 2.00 e. The van der Waals surface area contributed by atoms with Gasteiger partial charge in [0.15, 0.2) is 23.0 Å². The molecule has 0 saturated heterocycles. The second-order valence-corrected chi connectivity index (χ2v) is 27.9. The number of halogens is 4. The van der Waals surface area contributed by atoms with Crippen LogP contribution in [-0.4, -0.2) is 125 Å². The van der Waals surface area contributed by atoms with Crippen LogP contribution >= 0.6 is 0 Å². The van der Waals surface area contributed by atoms with Crippen molar-refractivity contribution >= 4 is 0 Å². The number of rotatable bonds is 2. The van der Waals surface area contributed by atoms with Gasteiger partial charge in [0.05, 0.1) is 22.8 Å². The summed E-state index contributed by atoms with van der Waals surface area (Å²) in [7, 11) is -19.8. The first-order valence-corrected chi connectivity index (χ1v) is 41.2. The zero-order valence-electron chi connectivity index (χ0n) is 65.6. The summed E-state index contributed by atoms with van der Waals surface area (Å²) in [6, 6.07) is 64.1. The van der Waals surface area contributed by atoms with Gasteiger partial charge in [0.2, 0.25) is 0 Å². The number of benzene rings is 6. The van der Waals surface area contributed by atoms with Crippen LogP contribution in [0, 0.1) is 68.7 Å². The fraction of sp³-hybridized carbons (Fsp3) is 0.300. The first kappa shape index (κ1) is 106. The zero-order chi connectivity index (χ0) is 85.9. The van der Waals surface area contributed by atoms with Gasteiger partial charge in [-0.3, -0.25) is 19.9 Å². The molecule has 0 spiro atoms. The molecule has 120 heavy (non-hydrogen) atoms. The van der Waals surface area contributed by atoms with Crippen molar-refractivity contribution in [3.05, 3.63) is 263 Å². The van der Waals surface area contributed by atoms with E-state index in [1.54, 1.807) is 0 Å². The average Bonchev–Trinajstić information content (AvgIpc) is 0.853. The van der Waals surface area contributed by atoms with E-state index in [-0.39, 0.29) is 34.1 Å². The third-order valence-electron chi connectivity index (χ3n) is 15.2. The van der Waals surface area contributed by atoms with Crippen LogP contribution in [0.3, 0.4) is 0 Å². The number of pyridine rings is 4. The number of aromatic nitrogens is 4. The van der Waals surface area contributed by atoms with E-state index in [1.165, 1.54) is 44.5 Å². The SMILES string of the molecule is Cc1ccnc(-c2cc(C)ccn2)c1.Cc1ccnc(-c2cc(C)ccn2)c1.[Cu+2].[Cu+2].[O-][Cl+3]([O-])([O-])[O-].[O-][Cl+3]([O-])([O-])[O-].[O-][Cl+3]([O-])([O-])[O-].[O-][Cl+3]([O-])([O-])[O-].c1ccc2c(c1)OCCOc1ccc(cc1)CNCCNCCNCc1ccc(cc1)OCCO2.c1ccc2c(c1)OCCOc1ccc(cc1)CNCCNCCNCc1ccc(cc1)OCCO2. The van der Waals surface area contributed by atoms with Crippen molar-refractivity contribution in [3.63, 3.8) is 0 Å². The van der Waals surface area contributed by atoms with Gasteiger partial charge in [0, 0.05) is 103 Å². The quantitative estimate of drug-likeness (QED) is 0.0876. The molecule has 0 aliphatic carbocycles. The second-order valence-electron chi connectivity index (χ2n) is 24.8. The van der Waals surface area contributed by atoms with Crippen molar-refractivity contribution in [1.82, 2.24) is 51.8 Å². The Morgan fingerprint density at radius 3 is 0.575 bits per heavy atom. The molecule has 8 bridgehead atoms. The number of nitrogens with zero attached hydrogens (tertiary/aromatic N) is 4. The van der Waals surface area contributed by atoms with Crippen molar-refractivity contribution in [3.8, 4) is 68.8 Å². The predicted octanol–water partition coefficient (Wildman–Crippen LogP) is -6.74. The minimum absolute atomic E-state index is 0. The Morgan fingerprint density at radius 1 is 0.233 bits per heavy atom. The molecule has 12 heterocycles. The Balaban J connectivity index is 0.000000401. The van der Waals surface area contributed by atoms with E-state index in [9.17, 15) is 0 Å². The van der Waals surface area contributed by atoms with Crippen molar-refractivity contribution in [2.45, 2.75) is 53.9 Å². The number of para-hydroxylation sites is 4. The summed E-state index contributed by atoms with van der Waals surface area (Å²) >= 11 is 0. The van der Waals surface area contributed by atoms with Gasteiger partial charge < -0.3 is 69.8 Å². The Labute approximate surface area is 726 Å². The first-order chi connectivity index (χ1) is 56.2. The minimum atomic E-state index is -4.94. The van der Waals surface area contributed by atoms with Gasteiger partial charge in [-0.25, -0.2) is 74.5 Å². The van der Waals surface area contributed by atoms with Gasteiger partial charge in [0.25, 0.3) is 0 Å².